The first-order valence-corrected chi connectivity index (χ1v) is 10.9. The molecule has 0 rings (SSSR count). The second kappa shape index (κ2) is 14.0. The lowest BCUT2D eigenvalue weighted by molar-refractivity contribution is -0.144. The van der Waals surface area contributed by atoms with E-state index < -0.39 is 54.5 Å². The number of aliphatic hydroxyl groups is 1. The van der Waals surface area contributed by atoms with Gasteiger partial charge in [0, 0.05) is 0 Å². The van der Waals surface area contributed by atoms with Crippen molar-refractivity contribution < 1.29 is 29.4 Å². The predicted molar refractivity (Wildman–Crippen MR) is 117 cm³/mol. The average molecular weight is 445 g/mol. The third kappa shape index (κ3) is 8.82. The van der Waals surface area contributed by atoms with Gasteiger partial charge >= 0.3 is 5.97 Å². The van der Waals surface area contributed by atoms with E-state index in [4.69, 9.17) is 5.73 Å². The maximum absolute atomic E-state index is 12.9. The van der Waals surface area contributed by atoms with Gasteiger partial charge in [-0.25, -0.2) is 4.79 Å². The number of nitrogens with one attached hydrogen (secondary N) is 3. The smallest absolute Gasteiger partial charge is 0.326 e. The van der Waals surface area contributed by atoms with Crippen molar-refractivity contribution in [3.63, 3.8) is 0 Å². The van der Waals surface area contributed by atoms with Crippen molar-refractivity contribution in [2.24, 2.45) is 23.5 Å². The first kappa shape index (κ1) is 28.8. The summed E-state index contributed by atoms with van der Waals surface area (Å²) in [5.41, 5.74) is 5.96. The van der Waals surface area contributed by atoms with Crippen LogP contribution in [0.2, 0.25) is 0 Å². The largest absolute Gasteiger partial charge is 0.480 e. The van der Waals surface area contributed by atoms with Gasteiger partial charge in [-0.15, -0.1) is 0 Å². The number of carboxylic acid groups (broad SMARTS) is 1. The summed E-state index contributed by atoms with van der Waals surface area (Å²) in [5.74, 6) is -3.81. The molecule has 7 N–H and O–H groups in total. The van der Waals surface area contributed by atoms with Crippen LogP contribution in [0.5, 0.6) is 0 Å². The molecule has 10 heteroatoms. The molecule has 0 aliphatic rings. The number of amides is 3. The third-order valence-electron chi connectivity index (χ3n) is 5.95. The molecule has 0 fully saturated rings. The number of aliphatic hydroxyl groups excluding tert-OH is 1. The summed E-state index contributed by atoms with van der Waals surface area (Å²) in [5, 5.41) is 26.4. The molecule has 0 aromatic rings. The van der Waals surface area contributed by atoms with Crippen molar-refractivity contribution in [2.75, 3.05) is 6.61 Å². The molecule has 31 heavy (non-hydrogen) atoms. The van der Waals surface area contributed by atoms with Crippen molar-refractivity contribution >= 4 is 23.7 Å². The van der Waals surface area contributed by atoms with E-state index in [0.29, 0.717) is 19.3 Å². The lowest BCUT2D eigenvalue weighted by Gasteiger charge is -2.28. The van der Waals surface area contributed by atoms with E-state index in [1.54, 1.807) is 20.8 Å². The molecular weight excluding hydrogens is 404 g/mol. The van der Waals surface area contributed by atoms with Gasteiger partial charge in [0.2, 0.25) is 17.7 Å². The number of carbonyl (C=O) groups is 4. The van der Waals surface area contributed by atoms with Crippen molar-refractivity contribution in [2.45, 2.75) is 85.0 Å². The number of aliphatic carboxylic acids is 1. The second-order valence-electron chi connectivity index (χ2n) is 8.24. The summed E-state index contributed by atoms with van der Waals surface area (Å²) in [6, 6.07) is -4.25. The Kier molecular flexibility index (Phi) is 13.0. The molecule has 0 saturated heterocycles. The summed E-state index contributed by atoms with van der Waals surface area (Å²) in [6.45, 7) is 10.1. The SMILES string of the molecule is CCC(C)C(N)C(=O)NC(C(=O)NC(CO)C(=O)NC(C(=O)O)C(C)CC)C(C)CC. The Hall–Kier alpha value is -2.20. The maximum Gasteiger partial charge on any atom is 0.326 e. The van der Waals surface area contributed by atoms with Crippen LogP contribution in [0.25, 0.3) is 0 Å². The van der Waals surface area contributed by atoms with Crippen LogP contribution in [0.3, 0.4) is 0 Å². The summed E-state index contributed by atoms with van der Waals surface area (Å²) >= 11 is 0. The normalized spacial score (nSPS) is 17.9. The Labute approximate surface area is 184 Å². The first-order valence-electron chi connectivity index (χ1n) is 10.9. The number of carboxylic acids is 1. The highest BCUT2D eigenvalue weighted by Gasteiger charge is 2.33. The molecule has 3 amide bonds. The molecule has 0 aliphatic carbocycles. The van der Waals surface area contributed by atoms with Gasteiger partial charge < -0.3 is 31.9 Å². The summed E-state index contributed by atoms with van der Waals surface area (Å²) < 4.78 is 0. The number of hydrogen-bond acceptors (Lipinski definition) is 6. The lowest BCUT2D eigenvalue weighted by atomic mass is 9.95. The van der Waals surface area contributed by atoms with E-state index in [1.165, 1.54) is 0 Å². The quantitative estimate of drug-likeness (QED) is 0.219. The summed E-state index contributed by atoms with van der Waals surface area (Å²) in [7, 11) is 0. The molecule has 7 atom stereocenters. The summed E-state index contributed by atoms with van der Waals surface area (Å²) in [4.78, 5) is 49.3. The van der Waals surface area contributed by atoms with Crippen LogP contribution < -0.4 is 21.7 Å². The maximum atomic E-state index is 12.9. The van der Waals surface area contributed by atoms with Crippen LogP contribution in [0.1, 0.15) is 60.8 Å². The Morgan fingerprint density at radius 2 is 1.19 bits per heavy atom. The minimum atomic E-state index is -1.36. The second-order valence-corrected chi connectivity index (χ2v) is 8.24. The Morgan fingerprint density at radius 1 is 0.742 bits per heavy atom. The van der Waals surface area contributed by atoms with Gasteiger partial charge in [0.05, 0.1) is 12.6 Å². The zero-order chi connectivity index (χ0) is 24.3. The highest BCUT2D eigenvalue weighted by molar-refractivity contribution is 5.94. The van der Waals surface area contributed by atoms with Gasteiger partial charge in [0.25, 0.3) is 0 Å². The topological polar surface area (TPSA) is 171 Å². The van der Waals surface area contributed by atoms with Gasteiger partial charge in [-0.2, -0.15) is 0 Å². The van der Waals surface area contributed by atoms with E-state index in [-0.39, 0.29) is 17.8 Å². The van der Waals surface area contributed by atoms with Crippen molar-refractivity contribution in [3.05, 3.63) is 0 Å². The van der Waals surface area contributed by atoms with E-state index in [0.717, 1.165) is 0 Å². The lowest BCUT2D eigenvalue weighted by Crippen LogP contribution is -2.60. The van der Waals surface area contributed by atoms with Crippen molar-refractivity contribution in [3.8, 4) is 0 Å². The Morgan fingerprint density at radius 3 is 1.61 bits per heavy atom. The molecule has 0 heterocycles. The van der Waals surface area contributed by atoms with Crippen LogP contribution >= 0.6 is 0 Å². The molecule has 10 nitrogen and oxygen atoms in total. The molecule has 0 spiro atoms. The number of carbonyl (C=O) groups excluding carboxylic acids is 3. The van der Waals surface area contributed by atoms with Crippen LogP contribution in [0.4, 0.5) is 0 Å². The van der Waals surface area contributed by atoms with Crippen LogP contribution in [0, 0.1) is 17.8 Å². The van der Waals surface area contributed by atoms with E-state index in [9.17, 15) is 29.4 Å². The minimum absolute atomic E-state index is 0.0786. The number of hydrogen-bond donors (Lipinski definition) is 6. The molecule has 7 unspecified atom stereocenters. The van der Waals surface area contributed by atoms with E-state index >= 15 is 0 Å². The highest BCUT2D eigenvalue weighted by Crippen LogP contribution is 2.12. The van der Waals surface area contributed by atoms with E-state index in [2.05, 4.69) is 16.0 Å². The molecule has 180 valence electrons. The predicted octanol–water partition coefficient (Wildman–Crippen LogP) is -0.0167. The monoisotopic (exact) mass is 444 g/mol. The van der Waals surface area contributed by atoms with Gasteiger partial charge in [0.15, 0.2) is 0 Å². The van der Waals surface area contributed by atoms with Crippen LogP contribution in [0.15, 0.2) is 0 Å². The van der Waals surface area contributed by atoms with Crippen molar-refractivity contribution in [1.29, 1.82) is 0 Å². The third-order valence-corrected chi connectivity index (χ3v) is 5.95. The number of rotatable bonds is 14. The Balaban J connectivity index is 5.37. The van der Waals surface area contributed by atoms with Gasteiger partial charge in [-0.3, -0.25) is 14.4 Å². The van der Waals surface area contributed by atoms with E-state index in [1.807, 2.05) is 20.8 Å². The fraction of sp³-hybridized carbons (Fsp3) is 0.810. The molecule has 0 saturated carbocycles. The zero-order valence-electron chi connectivity index (χ0n) is 19.5. The fourth-order valence-electron chi connectivity index (χ4n) is 2.86. The van der Waals surface area contributed by atoms with Crippen LogP contribution in [-0.2, 0) is 19.2 Å². The molecular formula is C21H40N4O6. The zero-order valence-corrected chi connectivity index (χ0v) is 19.5. The van der Waals surface area contributed by atoms with Gasteiger partial charge in [0.1, 0.15) is 18.1 Å². The molecule has 0 aromatic carbocycles. The minimum Gasteiger partial charge on any atom is -0.480 e. The van der Waals surface area contributed by atoms with Crippen LogP contribution in [-0.4, -0.2) is 64.7 Å². The molecule has 0 radical (unpaired) electrons. The standard InChI is InChI=1S/C21H40N4O6/c1-7-11(4)15(22)19(28)24-16(12(5)8-2)20(29)23-14(10-26)18(27)25-17(21(30)31)13(6)9-3/h11-17,26H,7-10,22H2,1-6H3,(H,23,29)(H,24,28)(H,25,27)(H,30,31). The molecule has 0 aliphatic heterocycles. The van der Waals surface area contributed by atoms with Gasteiger partial charge in [-0.05, 0) is 17.8 Å². The Bertz CT molecular complexity index is 615. The first-order chi connectivity index (χ1) is 14.4. The number of nitrogens with two attached hydrogens (primary N) is 1. The average Bonchev–Trinajstić information content (AvgIpc) is 2.76. The summed E-state index contributed by atoms with van der Waals surface area (Å²) in [6.07, 6.45) is 1.79. The molecule has 0 aromatic heterocycles. The van der Waals surface area contributed by atoms with Crippen molar-refractivity contribution in [1.82, 2.24) is 16.0 Å². The van der Waals surface area contributed by atoms with Gasteiger partial charge in [-0.1, -0.05) is 60.8 Å². The highest BCUT2D eigenvalue weighted by atomic mass is 16.4. The molecule has 0 bridgehead atoms. The fourth-order valence-corrected chi connectivity index (χ4v) is 2.86.